The van der Waals surface area contributed by atoms with Crippen LogP contribution in [0.15, 0.2) is 0 Å². The maximum absolute atomic E-state index is 5.48. The highest BCUT2D eigenvalue weighted by atomic mass is 14.9. The molecule has 0 aromatic carbocycles. The van der Waals surface area contributed by atoms with Gasteiger partial charge in [0.2, 0.25) is 0 Å². The standard InChI is InChI=1S/C11H19N/c1-4-10-7-5-6-8-11(10)12-9(2)3/h1,9-12H,5-8H2,2-3H3. The van der Waals surface area contributed by atoms with Crippen molar-refractivity contribution in [2.45, 2.75) is 51.6 Å². The minimum atomic E-state index is 0.473. The first-order valence-electron chi connectivity index (χ1n) is 4.96. The van der Waals surface area contributed by atoms with E-state index >= 15 is 0 Å². The summed E-state index contributed by atoms with van der Waals surface area (Å²) in [6.07, 6.45) is 10.6. The first-order valence-corrected chi connectivity index (χ1v) is 4.96. The predicted octanol–water partition coefficient (Wildman–Crippen LogP) is 2.18. The summed E-state index contributed by atoms with van der Waals surface area (Å²) in [6, 6.07) is 1.13. The van der Waals surface area contributed by atoms with Crippen molar-refractivity contribution in [3.05, 3.63) is 0 Å². The van der Waals surface area contributed by atoms with Crippen molar-refractivity contribution in [2.24, 2.45) is 5.92 Å². The zero-order valence-electron chi connectivity index (χ0n) is 8.14. The van der Waals surface area contributed by atoms with E-state index < -0.39 is 0 Å². The third-order valence-corrected chi connectivity index (χ3v) is 2.53. The zero-order valence-corrected chi connectivity index (χ0v) is 8.14. The maximum Gasteiger partial charge on any atom is 0.0353 e. The van der Waals surface area contributed by atoms with Gasteiger partial charge in [0, 0.05) is 18.0 Å². The largest absolute Gasteiger partial charge is 0.311 e. The zero-order chi connectivity index (χ0) is 8.97. The number of terminal acetylenes is 1. The minimum absolute atomic E-state index is 0.473. The fourth-order valence-electron chi connectivity index (χ4n) is 1.96. The highest BCUT2D eigenvalue weighted by Gasteiger charge is 2.23. The molecule has 0 amide bonds. The molecule has 1 fully saturated rings. The van der Waals surface area contributed by atoms with E-state index in [4.69, 9.17) is 6.42 Å². The number of hydrogen-bond donors (Lipinski definition) is 1. The average Bonchev–Trinajstić information content (AvgIpc) is 2.04. The Balaban J connectivity index is 2.43. The van der Waals surface area contributed by atoms with Crippen molar-refractivity contribution >= 4 is 0 Å². The molecule has 1 N–H and O–H groups in total. The topological polar surface area (TPSA) is 12.0 Å². The van der Waals surface area contributed by atoms with E-state index in [1.807, 2.05) is 0 Å². The molecule has 2 unspecified atom stereocenters. The van der Waals surface area contributed by atoms with Gasteiger partial charge in [0.05, 0.1) is 0 Å². The third kappa shape index (κ3) is 2.53. The smallest absolute Gasteiger partial charge is 0.0353 e. The van der Waals surface area contributed by atoms with Gasteiger partial charge in [-0.3, -0.25) is 0 Å². The van der Waals surface area contributed by atoms with Gasteiger partial charge in [0.1, 0.15) is 0 Å². The lowest BCUT2D eigenvalue weighted by Crippen LogP contribution is -2.41. The van der Waals surface area contributed by atoms with Crippen LogP contribution in [0.2, 0.25) is 0 Å². The summed E-state index contributed by atoms with van der Waals surface area (Å²) in [5.74, 6) is 3.37. The number of rotatable bonds is 2. The molecule has 0 spiro atoms. The van der Waals surface area contributed by atoms with Gasteiger partial charge >= 0.3 is 0 Å². The molecule has 68 valence electrons. The molecule has 0 heterocycles. The molecule has 0 aromatic heterocycles. The lowest BCUT2D eigenvalue weighted by Gasteiger charge is -2.30. The molecule has 1 saturated carbocycles. The van der Waals surface area contributed by atoms with Crippen LogP contribution in [0.3, 0.4) is 0 Å². The van der Waals surface area contributed by atoms with Crippen LogP contribution in [0.1, 0.15) is 39.5 Å². The fraction of sp³-hybridized carbons (Fsp3) is 0.818. The number of nitrogens with one attached hydrogen (secondary N) is 1. The second kappa shape index (κ2) is 4.52. The summed E-state index contributed by atoms with van der Waals surface area (Å²) in [6.45, 7) is 4.37. The van der Waals surface area contributed by atoms with Crippen LogP contribution in [0.4, 0.5) is 0 Å². The molecule has 0 saturated heterocycles. The molecule has 2 atom stereocenters. The van der Waals surface area contributed by atoms with Crippen LogP contribution in [-0.4, -0.2) is 12.1 Å². The Morgan fingerprint density at radius 1 is 1.33 bits per heavy atom. The Morgan fingerprint density at radius 2 is 2.00 bits per heavy atom. The maximum atomic E-state index is 5.48. The Morgan fingerprint density at radius 3 is 2.58 bits per heavy atom. The number of hydrogen-bond acceptors (Lipinski definition) is 1. The van der Waals surface area contributed by atoms with Crippen LogP contribution >= 0.6 is 0 Å². The molecule has 1 nitrogen and oxygen atoms in total. The SMILES string of the molecule is C#CC1CCCCC1NC(C)C. The van der Waals surface area contributed by atoms with Gasteiger partial charge in [0.15, 0.2) is 0 Å². The van der Waals surface area contributed by atoms with Crippen molar-refractivity contribution in [3.8, 4) is 12.3 Å². The third-order valence-electron chi connectivity index (χ3n) is 2.53. The van der Waals surface area contributed by atoms with Gasteiger partial charge in [0.25, 0.3) is 0 Å². The van der Waals surface area contributed by atoms with Crippen LogP contribution in [0, 0.1) is 18.3 Å². The summed E-state index contributed by atoms with van der Waals surface area (Å²) in [7, 11) is 0. The van der Waals surface area contributed by atoms with Gasteiger partial charge in [-0.1, -0.05) is 26.7 Å². The predicted molar refractivity (Wildman–Crippen MR) is 52.9 cm³/mol. The van der Waals surface area contributed by atoms with Gasteiger partial charge < -0.3 is 5.32 Å². The van der Waals surface area contributed by atoms with Gasteiger partial charge in [-0.25, -0.2) is 0 Å². The molecule has 0 aromatic rings. The normalized spacial score (nSPS) is 30.2. The molecule has 1 aliphatic carbocycles. The molecule has 12 heavy (non-hydrogen) atoms. The van der Waals surface area contributed by atoms with E-state index in [1.54, 1.807) is 0 Å². The molecular weight excluding hydrogens is 146 g/mol. The summed E-state index contributed by atoms with van der Waals surface area (Å²) < 4.78 is 0. The molecule has 0 radical (unpaired) electrons. The van der Waals surface area contributed by atoms with Crippen molar-refractivity contribution < 1.29 is 0 Å². The van der Waals surface area contributed by atoms with Crippen molar-refractivity contribution in [1.82, 2.24) is 5.32 Å². The van der Waals surface area contributed by atoms with Crippen molar-refractivity contribution in [3.63, 3.8) is 0 Å². The molecular formula is C11H19N. The Bertz CT molecular complexity index is 166. The Labute approximate surface area is 75.9 Å². The Kier molecular flexibility index (Phi) is 3.62. The average molecular weight is 165 g/mol. The molecule has 1 heteroatoms. The van der Waals surface area contributed by atoms with Crippen LogP contribution < -0.4 is 5.32 Å². The summed E-state index contributed by atoms with van der Waals surface area (Å²) >= 11 is 0. The van der Waals surface area contributed by atoms with Gasteiger partial charge in [-0.05, 0) is 12.8 Å². The molecule has 0 aliphatic heterocycles. The van der Waals surface area contributed by atoms with Crippen molar-refractivity contribution in [1.29, 1.82) is 0 Å². The monoisotopic (exact) mass is 165 g/mol. The van der Waals surface area contributed by atoms with Crippen LogP contribution in [-0.2, 0) is 0 Å². The first kappa shape index (κ1) is 9.61. The molecule has 1 rings (SSSR count). The molecule has 1 aliphatic rings. The lowest BCUT2D eigenvalue weighted by molar-refractivity contribution is 0.298. The quantitative estimate of drug-likeness (QED) is 0.618. The van der Waals surface area contributed by atoms with E-state index in [2.05, 4.69) is 25.1 Å². The highest BCUT2D eigenvalue weighted by molar-refractivity contribution is 5.01. The first-order chi connectivity index (χ1) is 5.74. The summed E-state index contributed by atoms with van der Waals surface area (Å²) in [5, 5.41) is 3.54. The van der Waals surface area contributed by atoms with E-state index in [-0.39, 0.29) is 0 Å². The molecule has 0 bridgehead atoms. The Hall–Kier alpha value is -0.480. The fourth-order valence-corrected chi connectivity index (χ4v) is 1.96. The van der Waals surface area contributed by atoms with E-state index in [1.165, 1.54) is 25.7 Å². The summed E-state index contributed by atoms with van der Waals surface area (Å²) in [4.78, 5) is 0. The second-order valence-corrected chi connectivity index (χ2v) is 3.99. The van der Waals surface area contributed by atoms with E-state index in [0.29, 0.717) is 18.0 Å². The van der Waals surface area contributed by atoms with Gasteiger partial charge in [-0.15, -0.1) is 12.3 Å². The minimum Gasteiger partial charge on any atom is -0.311 e. The van der Waals surface area contributed by atoms with Crippen LogP contribution in [0.25, 0.3) is 0 Å². The van der Waals surface area contributed by atoms with Crippen molar-refractivity contribution in [2.75, 3.05) is 0 Å². The summed E-state index contributed by atoms with van der Waals surface area (Å²) in [5.41, 5.74) is 0. The lowest BCUT2D eigenvalue weighted by atomic mass is 9.85. The van der Waals surface area contributed by atoms with Gasteiger partial charge in [-0.2, -0.15) is 0 Å². The highest BCUT2D eigenvalue weighted by Crippen LogP contribution is 2.23. The van der Waals surface area contributed by atoms with Crippen LogP contribution in [0.5, 0.6) is 0 Å². The van der Waals surface area contributed by atoms with E-state index in [9.17, 15) is 0 Å². The second-order valence-electron chi connectivity index (χ2n) is 3.99. The van der Waals surface area contributed by atoms with E-state index in [0.717, 1.165) is 0 Å².